The number of unbranched alkanes of at least 4 members (excludes halogenated alkanes) is 2. The first kappa shape index (κ1) is 43.1. The van der Waals surface area contributed by atoms with E-state index in [0.717, 1.165) is 67.8 Å². The van der Waals surface area contributed by atoms with Crippen molar-refractivity contribution in [3.63, 3.8) is 0 Å². The molecule has 0 N–H and O–H groups in total. The van der Waals surface area contributed by atoms with Gasteiger partial charge in [0.15, 0.2) is 0 Å². The van der Waals surface area contributed by atoms with E-state index < -0.39 is 23.9 Å². The maximum Gasteiger partial charge on any atom is 0.343 e. The lowest BCUT2D eigenvalue weighted by Gasteiger charge is -2.09. The minimum Gasteiger partial charge on any atom is -0.491 e. The van der Waals surface area contributed by atoms with Gasteiger partial charge >= 0.3 is 23.9 Å². The molecule has 2 fully saturated rings. The summed E-state index contributed by atoms with van der Waals surface area (Å²) >= 11 is 0. The number of hydrogen-bond acceptors (Lipinski definition) is 12. The van der Waals surface area contributed by atoms with Gasteiger partial charge in [-0.15, -0.1) is 0 Å². The summed E-state index contributed by atoms with van der Waals surface area (Å²) in [4.78, 5) is 51.8. The molecule has 67 heavy (non-hydrogen) atoms. The molecule has 2 atom stereocenters. The number of hydrogen-bond donors (Lipinski definition) is 0. The number of epoxide rings is 2. The van der Waals surface area contributed by atoms with Crippen LogP contribution in [0.25, 0.3) is 43.1 Å². The zero-order valence-electron chi connectivity index (χ0n) is 36.3. The molecule has 10 rings (SSSR count). The van der Waals surface area contributed by atoms with E-state index in [-0.39, 0.29) is 25.4 Å². The molecule has 2 saturated heterocycles. The van der Waals surface area contributed by atoms with Gasteiger partial charge in [-0.05, 0) is 159 Å². The van der Waals surface area contributed by atoms with Gasteiger partial charge in [-0.25, -0.2) is 19.2 Å². The molecule has 12 nitrogen and oxygen atoms in total. The molecule has 8 aromatic carbocycles. The van der Waals surface area contributed by atoms with Gasteiger partial charge in [-0.3, -0.25) is 0 Å². The Labute approximate surface area is 384 Å². The van der Waals surface area contributed by atoms with Crippen molar-refractivity contribution in [2.75, 3.05) is 39.6 Å². The molecule has 0 radical (unpaired) electrons. The fraction of sp³-hybridized carbons (Fsp3) is 0.200. The van der Waals surface area contributed by atoms with Crippen molar-refractivity contribution >= 4 is 67.0 Å². The Morgan fingerprint density at radius 3 is 1.03 bits per heavy atom. The molecule has 2 aliphatic rings. The van der Waals surface area contributed by atoms with Crippen LogP contribution in [0.5, 0.6) is 23.0 Å². The molecule has 8 aromatic rings. The van der Waals surface area contributed by atoms with Gasteiger partial charge in [0.2, 0.25) is 0 Å². The second-order valence-electron chi connectivity index (χ2n) is 16.5. The van der Waals surface area contributed by atoms with Crippen LogP contribution in [0.15, 0.2) is 146 Å². The monoisotopic (exact) mass is 896 g/mol. The van der Waals surface area contributed by atoms with E-state index in [0.29, 0.717) is 66.2 Å². The summed E-state index contributed by atoms with van der Waals surface area (Å²) in [7, 11) is 0. The largest absolute Gasteiger partial charge is 0.491 e. The van der Waals surface area contributed by atoms with Crippen LogP contribution in [0.1, 0.15) is 60.7 Å². The highest BCUT2D eigenvalue weighted by atomic mass is 16.6. The summed E-state index contributed by atoms with van der Waals surface area (Å²) in [5.74, 6) is 0.433. The Kier molecular flexibility index (Phi) is 12.5. The maximum atomic E-state index is 13.0. The van der Waals surface area contributed by atoms with Gasteiger partial charge in [0.05, 0.1) is 48.7 Å². The molecule has 2 unspecified atom stereocenters. The van der Waals surface area contributed by atoms with Gasteiger partial charge < -0.3 is 37.9 Å². The van der Waals surface area contributed by atoms with Crippen LogP contribution in [0.2, 0.25) is 0 Å². The van der Waals surface area contributed by atoms with Crippen molar-refractivity contribution in [2.24, 2.45) is 0 Å². The van der Waals surface area contributed by atoms with Crippen LogP contribution in [-0.4, -0.2) is 75.7 Å². The summed E-state index contributed by atoms with van der Waals surface area (Å²) in [6.07, 6.45) is 2.24. The number of carbonyl (C=O) groups is 4. The third-order valence-electron chi connectivity index (χ3n) is 11.5. The number of rotatable bonds is 18. The highest BCUT2D eigenvalue weighted by molar-refractivity contribution is 6.00. The second-order valence-corrected chi connectivity index (χ2v) is 16.5. The lowest BCUT2D eigenvalue weighted by Crippen LogP contribution is -2.09. The topological polar surface area (TPSA) is 149 Å². The molecule has 0 bridgehead atoms. The van der Waals surface area contributed by atoms with E-state index in [1.165, 1.54) is 0 Å². The summed E-state index contributed by atoms with van der Waals surface area (Å²) in [5.41, 5.74) is 1.66. The van der Waals surface area contributed by atoms with Crippen molar-refractivity contribution in [3.8, 4) is 23.0 Å². The Morgan fingerprint density at radius 2 is 0.672 bits per heavy atom. The molecule has 336 valence electrons. The zero-order valence-corrected chi connectivity index (χ0v) is 36.3. The first-order valence-electron chi connectivity index (χ1n) is 22.2. The van der Waals surface area contributed by atoms with Crippen LogP contribution in [-0.2, 0) is 18.9 Å². The molecule has 0 aromatic heterocycles. The van der Waals surface area contributed by atoms with E-state index >= 15 is 0 Å². The predicted octanol–water partition coefficient (Wildman–Crippen LogP) is 10.5. The lowest BCUT2D eigenvalue weighted by molar-refractivity contribution is 0.0477. The zero-order chi connectivity index (χ0) is 45.7. The normalized spacial score (nSPS) is 15.0. The summed E-state index contributed by atoms with van der Waals surface area (Å²) in [6, 6.07) is 43.1. The van der Waals surface area contributed by atoms with Crippen molar-refractivity contribution in [3.05, 3.63) is 168 Å². The standard InChI is InChI=1S/C55H44O12/c56-52(42-8-4-40-28-48(18-14-36(40)22-42)66-54(58)44-10-6-38-26-46(16-12-34(38)24-44)62-30-50-32-64-50)60-20-2-1-3-21-61-53(57)43-9-5-41-29-49(19-15-37(41)23-43)67-55(59)45-11-7-39-27-47(17-13-35(39)25-45)63-31-51-33-65-51/h4-19,22-29,50-51H,1-3,20-21,30-33H2. The van der Waals surface area contributed by atoms with E-state index in [4.69, 9.17) is 37.9 Å². The molecule has 2 aliphatic heterocycles. The average Bonchev–Trinajstić information content (AvgIpc) is 4.31. The Morgan fingerprint density at radius 1 is 0.373 bits per heavy atom. The first-order chi connectivity index (χ1) is 32.8. The maximum absolute atomic E-state index is 13.0. The van der Waals surface area contributed by atoms with Crippen LogP contribution >= 0.6 is 0 Å². The number of fused-ring (bicyclic) bond motifs is 4. The highest BCUT2D eigenvalue weighted by Gasteiger charge is 2.24. The third kappa shape index (κ3) is 10.8. The smallest absolute Gasteiger partial charge is 0.343 e. The van der Waals surface area contributed by atoms with Crippen LogP contribution in [0, 0.1) is 0 Å². The fourth-order valence-corrected chi connectivity index (χ4v) is 7.63. The van der Waals surface area contributed by atoms with Crippen LogP contribution in [0.4, 0.5) is 0 Å². The Balaban J connectivity index is 0.639. The third-order valence-corrected chi connectivity index (χ3v) is 11.5. The first-order valence-corrected chi connectivity index (χ1v) is 22.2. The van der Waals surface area contributed by atoms with Crippen molar-refractivity contribution < 1.29 is 57.1 Å². The van der Waals surface area contributed by atoms with E-state index in [1.807, 2.05) is 48.5 Å². The molecule has 2 heterocycles. The van der Waals surface area contributed by atoms with Crippen molar-refractivity contribution in [1.82, 2.24) is 0 Å². The highest BCUT2D eigenvalue weighted by Crippen LogP contribution is 2.29. The molecule has 0 aliphatic carbocycles. The van der Waals surface area contributed by atoms with E-state index in [2.05, 4.69) is 0 Å². The van der Waals surface area contributed by atoms with E-state index in [1.54, 1.807) is 97.1 Å². The number of benzene rings is 8. The van der Waals surface area contributed by atoms with Crippen molar-refractivity contribution in [2.45, 2.75) is 31.5 Å². The molecule has 0 spiro atoms. The van der Waals surface area contributed by atoms with Crippen LogP contribution in [0.3, 0.4) is 0 Å². The minimum absolute atomic E-state index is 0.170. The minimum atomic E-state index is -0.478. The summed E-state index contributed by atoms with van der Waals surface area (Å²) in [5, 5.41) is 6.87. The van der Waals surface area contributed by atoms with E-state index in [9.17, 15) is 19.2 Å². The predicted molar refractivity (Wildman–Crippen MR) is 251 cm³/mol. The number of esters is 4. The SMILES string of the molecule is O=C(OCCCCCOC(=O)c1ccc2cc(OC(=O)c3ccc4cc(OCC5CO5)ccc4c3)ccc2c1)c1ccc2cc(OC(=O)c3ccc4cc(OCC5CO5)ccc4c3)ccc2c1. The van der Waals surface area contributed by atoms with Gasteiger partial charge in [-0.2, -0.15) is 0 Å². The second kappa shape index (κ2) is 19.4. The molecular formula is C55H44O12. The quantitative estimate of drug-likeness (QED) is 0.0349. The summed E-state index contributed by atoms with van der Waals surface area (Å²) < 4.78 is 44.4. The number of ether oxygens (including phenoxy) is 8. The molecule has 0 saturated carbocycles. The Bertz CT molecular complexity index is 2970. The summed E-state index contributed by atoms with van der Waals surface area (Å²) in [6.45, 7) is 2.94. The fourth-order valence-electron chi connectivity index (χ4n) is 7.63. The molecular weight excluding hydrogens is 853 g/mol. The van der Waals surface area contributed by atoms with Gasteiger partial charge in [-0.1, -0.05) is 48.5 Å². The Hall–Kier alpha value is -7.80. The lowest BCUT2D eigenvalue weighted by atomic mass is 10.1. The van der Waals surface area contributed by atoms with Crippen molar-refractivity contribution in [1.29, 1.82) is 0 Å². The molecule has 12 heteroatoms. The average molecular weight is 897 g/mol. The van der Waals surface area contributed by atoms with Gasteiger partial charge in [0, 0.05) is 0 Å². The van der Waals surface area contributed by atoms with Crippen LogP contribution < -0.4 is 18.9 Å². The van der Waals surface area contributed by atoms with Gasteiger partial charge in [0.1, 0.15) is 48.4 Å². The number of carbonyl (C=O) groups excluding carboxylic acids is 4. The molecule has 0 amide bonds. The van der Waals surface area contributed by atoms with Gasteiger partial charge in [0.25, 0.3) is 0 Å².